The summed E-state index contributed by atoms with van der Waals surface area (Å²) in [5, 5.41) is 8.20. The zero-order valence-corrected chi connectivity index (χ0v) is 25.7. The van der Waals surface area contributed by atoms with Gasteiger partial charge in [-0.25, -0.2) is 9.97 Å². The number of nitrogens with one attached hydrogen (secondary N) is 1. The summed E-state index contributed by atoms with van der Waals surface area (Å²) >= 11 is 1.71. The van der Waals surface area contributed by atoms with Gasteiger partial charge in [0.15, 0.2) is 0 Å². The Morgan fingerprint density at radius 2 is 1.17 bits per heavy atom. The number of aromatic nitrogens is 3. The second-order valence-electron chi connectivity index (χ2n) is 13.7. The van der Waals surface area contributed by atoms with Crippen molar-refractivity contribution in [2.45, 2.75) is 52.4 Å². The van der Waals surface area contributed by atoms with Crippen LogP contribution in [0.3, 0.4) is 0 Å². The van der Waals surface area contributed by atoms with E-state index in [2.05, 4.69) is 131 Å². The highest BCUT2D eigenvalue weighted by atomic mass is 32.1. The van der Waals surface area contributed by atoms with Crippen LogP contribution in [0.4, 0.5) is 0 Å². The summed E-state index contributed by atoms with van der Waals surface area (Å²) in [7, 11) is 0. The van der Waals surface area contributed by atoms with Crippen LogP contribution in [0.5, 0.6) is 0 Å². The molecule has 3 nitrogen and oxygen atoms in total. The van der Waals surface area contributed by atoms with Gasteiger partial charge in [0.05, 0.1) is 22.1 Å². The third kappa shape index (κ3) is 3.93. The first-order chi connectivity index (χ1) is 20.0. The molecule has 0 saturated carbocycles. The van der Waals surface area contributed by atoms with Crippen molar-refractivity contribution in [3.63, 3.8) is 0 Å². The first kappa shape index (κ1) is 25.4. The van der Waals surface area contributed by atoms with E-state index < -0.39 is 0 Å². The van der Waals surface area contributed by atoms with Crippen molar-refractivity contribution in [1.29, 1.82) is 0 Å². The average Bonchev–Trinajstić information content (AvgIpc) is 3.33. The van der Waals surface area contributed by atoms with Crippen LogP contribution in [-0.4, -0.2) is 15.0 Å². The lowest BCUT2D eigenvalue weighted by Crippen LogP contribution is -2.11. The SMILES string of the molecule is CC(C)(C)c1cc2c3cccc(c3)sc3ccc4ccc5ccc([nH]c5c4n3)c3cc(C(C)(C)C)cc4c(c1)c2nc34. The molecule has 8 rings (SSSR count). The molecule has 0 aliphatic rings. The predicted octanol–water partition coefficient (Wildman–Crippen LogP) is 11.1. The fourth-order valence-electron chi connectivity index (χ4n) is 6.19. The molecule has 0 fully saturated rings. The topological polar surface area (TPSA) is 41.6 Å². The molecule has 0 radical (unpaired) electrons. The van der Waals surface area contributed by atoms with E-state index >= 15 is 0 Å². The molecule has 0 amide bonds. The Labute approximate surface area is 248 Å². The van der Waals surface area contributed by atoms with Crippen molar-refractivity contribution in [3.8, 4) is 0 Å². The van der Waals surface area contributed by atoms with E-state index in [0.717, 1.165) is 48.6 Å². The molecule has 4 heterocycles. The Bertz CT molecular complexity index is 2430. The van der Waals surface area contributed by atoms with E-state index in [1.165, 1.54) is 37.4 Å². The fourth-order valence-corrected chi connectivity index (χ4v) is 7.04. The molecule has 8 aromatic rings. The van der Waals surface area contributed by atoms with Gasteiger partial charge in [0, 0.05) is 42.5 Å². The molecule has 0 saturated heterocycles. The Morgan fingerprint density at radius 1 is 0.548 bits per heavy atom. The summed E-state index contributed by atoms with van der Waals surface area (Å²) in [4.78, 5) is 15.5. The zero-order chi connectivity index (χ0) is 29.0. The van der Waals surface area contributed by atoms with Crippen molar-refractivity contribution >= 4 is 86.2 Å². The van der Waals surface area contributed by atoms with Gasteiger partial charge in [-0.2, -0.15) is 0 Å². The first-order valence-electron chi connectivity index (χ1n) is 14.7. The van der Waals surface area contributed by atoms with Gasteiger partial charge in [0.25, 0.3) is 0 Å². The van der Waals surface area contributed by atoms with Gasteiger partial charge < -0.3 is 4.98 Å². The minimum Gasteiger partial charge on any atom is -0.353 e. The molecule has 0 spiro atoms. The Morgan fingerprint density at radius 3 is 1.90 bits per heavy atom. The number of fused-ring (bicyclic) bond motifs is 7. The van der Waals surface area contributed by atoms with Gasteiger partial charge in [0.1, 0.15) is 4.83 Å². The van der Waals surface area contributed by atoms with E-state index in [1.807, 2.05) is 0 Å². The maximum absolute atomic E-state index is 5.46. The van der Waals surface area contributed by atoms with Crippen LogP contribution < -0.4 is 0 Å². The number of benzene rings is 4. The number of hydrogen-bond acceptors (Lipinski definition) is 3. The van der Waals surface area contributed by atoms with Crippen LogP contribution in [0, 0.1) is 0 Å². The number of nitrogens with zero attached hydrogens (tertiary/aromatic N) is 2. The second kappa shape index (κ2) is 8.62. The molecule has 0 aliphatic carbocycles. The molecule has 8 bridgehead atoms. The number of hydrogen-bond donors (Lipinski definition) is 1. The van der Waals surface area contributed by atoms with Crippen LogP contribution in [0.25, 0.3) is 74.8 Å². The smallest absolute Gasteiger partial charge is 0.117 e. The van der Waals surface area contributed by atoms with Gasteiger partial charge >= 0.3 is 0 Å². The van der Waals surface area contributed by atoms with Gasteiger partial charge in [0.2, 0.25) is 0 Å². The molecule has 4 heteroatoms. The van der Waals surface area contributed by atoms with Crippen molar-refractivity contribution in [3.05, 3.63) is 96.1 Å². The standard InChI is InChI=1S/C38H33N3S/c1-37(2,3)24-17-27-23-8-7-9-26(16-23)42-32-15-13-22-11-10-21-12-14-31(39-33(21)34(22)40-32)30-20-25(38(4,5)6)19-29-28(18-24)35(27)41-36(29)30/h7-20,39H,1-6H3. The summed E-state index contributed by atoms with van der Waals surface area (Å²) in [5.41, 5.74) is 7.78. The maximum atomic E-state index is 5.46. The summed E-state index contributed by atoms with van der Waals surface area (Å²) in [6.45, 7) is 13.8. The largest absolute Gasteiger partial charge is 0.353 e. The lowest BCUT2D eigenvalue weighted by Gasteiger charge is -2.20. The van der Waals surface area contributed by atoms with Gasteiger partial charge in [-0.05, 0) is 81.9 Å². The molecule has 206 valence electrons. The molecular weight excluding hydrogens is 531 g/mol. The van der Waals surface area contributed by atoms with Gasteiger partial charge in [-0.1, -0.05) is 71.9 Å². The molecule has 4 aromatic heterocycles. The maximum Gasteiger partial charge on any atom is 0.117 e. The molecule has 0 atom stereocenters. The number of rotatable bonds is 0. The van der Waals surface area contributed by atoms with Crippen LogP contribution >= 0.6 is 11.3 Å². The second-order valence-corrected chi connectivity index (χ2v) is 14.8. The highest BCUT2D eigenvalue weighted by Crippen LogP contribution is 2.40. The van der Waals surface area contributed by atoms with Crippen molar-refractivity contribution in [1.82, 2.24) is 15.0 Å². The van der Waals surface area contributed by atoms with E-state index in [9.17, 15) is 0 Å². The lowest BCUT2D eigenvalue weighted by atomic mass is 9.84. The molecular formula is C38H33N3S. The monoisotopic (exact) mass is 563 g/mol. The summed E-state index contributed by atoms with van der Waals surface area (Å²) in [6.07, 6.45) is 0. The third-order valence-corrected chi connectivity index (χ3v) is 9.61. The third-order valence-electron chi connectivity index (χ3n) is 8.68. The zero-order valence-electron chi connectivity index (χ0n) is 24.9. The van der Waals surface area contributed by atoms with Crippen LogP contribution in [0.15, 0.2) is 84.9 Å². The highest BCUT2D eigenvalue weighted by molar-refractivity contribution is 7.22. The van der Waals surface area contributed by atoms with E-state index in [-0.39, 0.29) is 10.8 Å². The first-order valence-corrected chi connectivity index (χ1v) is 15.5. The van der Waals surface area contributed by atoms with Crippen LogP contribution in [0.1, 0.15) is 52.7 Å². The van der Waals surface area contributed by atoms with E-state index in [4.69, 9.17) is 9.97 Å². The number of pyridine rings is 2. The minimum absolute atomic E-state index is 0.00789. The molecule has 0 unspecified atom stereocenters. The summed E-state index contributed by atoms with van der Waals surface area (Å²) in [5.74, 6) is 0. The van der Waals surface area contributed by atoms with Crippen molar-refractivity contribution in [2.24, 2.45) is 0 Å². The van der Waals surface area contributed by atoms with Crippen molar-refractivity contribution in [2.75, 3.05) is 0 Å². The summed E-state index contributed by atoms with van der Waals surface area (Å²) < 4.78 is 1.17. The average molecular weight is 564 g/mol. The number of H-pyrrole nitrogens is 1. The molecule has 1 N–H and O–H groups in total. The van der Waals surface area contributed by atoms with Crippen LogP contribution in [-0.2, 0) is 10.8 Å². The fraction of sp³-hybridized carbons (Fsp3) is 0.211. The molecule has 0 aliphatic heterocycles. The highest BCUT2D eigenvalue weighted by Gasteiger charge is 2.22. The summed E-state index contributed by atoms with van der Waals surface area (Å²) in [6, 6.07) is 31.4. The van der Waals surface area contributed by atoms with Crippen LogP contribution in [0.2, 0.25) is 0 Å². The molecule has 42 heavy (non-hydrogen) atoms. The predicted molar refractivity (Wildman–Crippen MR) is 183 cm³/mol. The normalized spacial score (nSPS) is 13.0. The number of aromatic amines is 1. The molecule has 4 aromatic carbocycles. The Hall–Kier alpha value is -4.28. The minimum atomic E-state index is -0.0244. The van der Waals surface area contributed by atoms with E-state index in [0.29, 0.717) is 0 Å². The van der Waals surface area contributed by atoms with Crippen molar-refractivity contribution < 1.29 is 0 Å². The lowest BCUT2D eigenvalue weighted by molar-refractivity contribution is 0.591. The quantitative estimate of drug-likeness (QED) is 0.186. The Kier molecular flexibility index (Phi) is 5.22. The van der Waals surface area contributed by atoms with Gasteiger partial charge in [-0.3, -0.25) is 0 Å². The Balaban J connectivity index is 1.72. The van der Waals surface area contributed by atoms with E-state index in [1.54, 1.807) is 11.3 Å². The van der Waals surface area contributed by atoms with Gasteiger partial charge in [-0.15, -0.1) is 11.3 Å².